The maximum absolute atomic E-state index is 6.67. The van der Waals surface area contributed by atoms with Crippen LogP contribution in [-0.2, 0) is 5.41 Å². The van der Waals surface area contributed by atoms with Gasteiger partial charge in [0.15, 0.2) is 0 Å². The fourth-order valence-corrected chi connectivity index (χ4v) is 8.45. The molecule has 9 aromatic carbocycles. The molecule has 0 saturated heterocycles. The lowest BCUT2D eigenvalue weighted by Crippen LogP contribution is -2.12. The molecular formula is C52H39NO. The summed E-state index contributed by atoms with van der Waals surface area (Å²) >= 11 is 0. The second-order valence-electron chi connectivity index (χ2n) is 15.4. The van der Waals surface area contributed by atoms with Gasteiger partial charge in [-0.15, -0.1) is 0 Å². The highest BCUT2D eigenvalue weighted by Gasteiger charge is 2.27. The lowest BCUT2D eigenvalue weighted by Gasteiger charge is -2.27. The summed E-state index contributed by atoms with van der Waals surface area (Å²) in [6, 6.07) is 66.0. The molecule has 0 aliphatic carbocycles. The summed E-state index contributed by atoms with van der Waals surface area (Å²) in [5, 5.41) is 11.2. The highest BCUT2D eigenvalue weighted by atomic mass is 16.3. The van der Waals surface area contributed by atoms with Crippen LogP contribution in [0.3, 0.4) is 0 Å². The van der Waals surface area contributed by atoms with Gasteiger partial charge in [0, 0.05) is 33.6 Å². The lowest BCUT2D eigenvalue weighted by molar-refractivity contribution is 0.568. The Balaban J connectivity index is 1.15. The van der Waals surface area contributed by atoms with Crippen LogP contribution in [0.25, 0.3) is 76.5 Å². The average Bonchev–Trinajstić information content (AvgIpc) is 3.62. The first-order chi connectivity index (χ1) is 26.4. The molecule has 0 fully saturated rings. The van der Waals surface area contributed by atoms with Gasteiger partial charge in [0.1, 0.15) is 11.3 Å². The predicted molar refractivity (Wildman–Crippen MR) is 230 cm³/mol. The summed E-state index contributed by atoms with van der Waals surface area (Å²) in [4.78, 5) is 2.37. The molecule has 1 heterocycles. The molecule has 2 heteroatoms. The number of fused-ring (bicyclic) bond motifs is 7. The van der Waals surface area contributed by atoms with E-state index in [1.54, 1.807) is 0 Å². The van der Waals surface area contributed by atoms with Gasteiger partial charge in [-0.2, -0.15) is 0 Å². The predicted octanol–water partition coefficient (Wildman–Crippen LogP) is 15.1. The van der Waals surface area contributed by atoms with E-state index in [-0.39, 0.29) is 5.41 Å². The summed E-state index contributed by atoms with van der Waals surface area (Å²) in [5.41, 5.74) is 8.77. The van der Waals surface area contributed by atoms with Crippen molar-refractivity contribution in [1.29, 1.82) is 0 Å². The molecule has 258 valence electrons. The van der Waals surface area contributed by atoms with Crippen molar-refractivity contribution in [2.24, 2.45) is 0 Å². The summed E-state index contributed by atoms with van der Waals surface area (Å²) < 4.78 is 6.67. The molecular weight excluding hydrogens is 655 g/mol. The SMILES string of the molecule is CC(C)(C)c1c(-c2cccc(N(c3ccc(-c4cc5ccccc5c5ccccc45)cc3)c3ccc4c(ccc5ccccc54)c3)c2)oc2ccccc12. The first-order valence-electron chi connectivity index (χ1n) is 18.8. The smallest absolute Gasteiger partial charge is 0.139 e. The topological polar surface area (TPSA) is 16.4 Å². The first kappa shape index (κ1) is 32.0. The minimum Gasteiger partial charge on any atom is -0.456 e. The van der Waals surface area contributed by atoms with Crippen molar-refractivity contribution in [2.45, 2.75) is 26.2 Å². The molecule has 0 aliphatic heterocycles. The quantitative estimate of drug-likeness (QED) is 0.167. The molecule has 0 N–H and O–H groups in total. The molecule has 1 aromatic heterocycles. The van der Waals surface area contributed by atoms with Crippen molar-refractivity contribution in [2.75, 3.05) is 4.90 Å². The van der Waals surface area contributed by atoms with Crippen LogP contribution in [-0.4, -0.2) is 0 Å². The zero-order chi connectivity index (χ0) is 36.4. The minimum absolute atomic E-state index is 0.110. The van der Waals surface area contributed by atoms with E-state index in [1.807, 2.05) is 6.07 Å². The third-order valence-electron chi connectivity index (χ3n) is 10.9. The standard InChI is InChI=1S/C52H39NO/c1-52(2,3)50-47-21-10-11-22-49(47)54-51(50)38-15-12-16-40(32-38)53(41-29-30-44-37(31-41)24-23-34-13-4-6-17-42(34)44)39-27-25-35(26-28-39)48-33-36-14-5-7-18-43(36)45-19-8-9-20-46(45)48/h4-33H,1-3H3. The lowest BCUT2D eigenvalue weighted by atomic mass is 9.83. The molecule has 54 heavy (non-hydrogen) atoms. The van der Waals surface area contributed by atoms with Gasteiger partial charge in [0.2, 0.25) is 0 Å². The zero-order valence-electron chi connectivity index (χ0n) is 30.7. The molecule has 10 aromatic rings. The summed E-state index contributed by atoms with van der Waals surface area (Å²) in [5.74, 6) is 0.925. The van der Waals surface area contributed by atoms with Gasteiger partial charge >= 0.3 is 0 Å². The molecule has 0 aliphatic rings. The second kappa shape index (κ2) is 12.5. The maximum atomic E-state index is 6.67. The van der Waals surface area contributed by atoms with Gasteiger partial charge in [-0.25, -0.2) is 0 Å². The van der Waals surface area contributed by atoms with Crippen molar-refractivity contribution in [3.63, 3.8) is 0 Å². The van der Waals surface area contributed by atoms with Gasteiger partial charge in [-0.1, -0.05) is 154 Å². The Kier molecular flexibility index (Phi) is 7.42. The molecule has 0 atom stereocenters. The van der Waals surface area contributed by atoms with E-state index in [9.17, 15) is 0 Å². The van der Waals surface area contributed by atoms with E-state index in [0.717, 1.165) is 34.0 Å². The fraction of sp³-hybridized carbons (Fsp3) is 0.0769. The molecule has 0 bridgehead atoms. The fourth-order valence-electron chi connectivity index (χ4n) is 8.45. The van der Waals surface area contributed by atoms with E-state index in [2.05, 4.69) is 202 Å². The van der Waals surface area contributed by atoms with Gasteiger partial charge in [-0.3, -0.25) is 0 Å². The Bertz CT molecular complexity index is 3030. The molecule has 0 radical (unpaired) electrons. The van der Waals surface area contributed by atoms with E-state index >= 15 is 0 Å². The largest absolute Gasteiger partial charge is 0.456 e. The van der Waals surface area contributed by atoms with E-state index < -0.39 is 0 Å². The van der Waals surface area contributed by atoms with Crippen molar-refractivity contribution < 1.29 is 4.42 Å². The molecule has 0 amide bonds. The van der Waals surface area contributed by atoms with Gasteiger partial charge < -0.3 is 9.32 Å². The monoisotopic (exact) mass is 693 g/mol. The third kappa shape index (κ3) is 5.33. The summed E-state index contributed by atoms with van der Waals surface area (Å²) in [6.07, 6.45) is 0. The first-order valence-corrected chi connectivity index (χ1v) is 18.8. The minimum atomic E-state index is -0.110. The van der Waals surface area contributed by atoms with Crippen LogP contribution >= 0.6 is 0 Å². The molecule has 0 saturated carbocycles. The van der Waals surface area contributed by atoms with E-state index in [1.165, 1.54) is 65.2 Å². The Morgan fingerprint density at radius 3 is 1.74 bits per heavy atom. The van der Waals surface area contributed by atoms with Crippen LogP contribution < -0.4 is 4.90 Å². The number of hydrogen-bond acceptors (Lipinski definition) is 2. The normalized spacial score (nSPS) is 12.0. The summed E-state index contributed by atoms with van der Waals surface area (Å²) in [7, 11) is 0. The van der Waals surface area contributed by atoms with Crippen molar-refractivity contribution in [3.05, 3.63) is 188 Å². The van der Waals surface area contributed by atoms with Crippen LogP contribution in [0.5, 0.6) is 0 Å². The molecule has 2 nitrogen and oxygen atoms in total. The number of rotatable bonds is 5. The van der Waals surface area contributed by atoms with Crippen molar-refractivity contribution in [1.82, 2.24) is 0 Å². The Morgan fingerprint density at radius 1 is 0.389 bits per heavy atom. The van der Waals surface area contributed by atoms with Gasteiger partial charge in [-0.05, 0) is 108 Å². The van der Waals surface area contributed by atoms with Crippen molar-refractivity contribution >= 4 is 71.1 Å². The highest BCUT2D eigenvalue weighted by molar-refractivity contribution is 6.14. The van der Waals surface area contributed by atoms with E-state index in [0.29, 0.717) is 0 Å². The van der Waals surface area contributed by atoms with Crippen LogP contribution in [0.4, 0.5) is 17.1 Å². The number of para-hydroxylation sites is 1. The Labute approximate surface area is 315 Å². The molecule has 10 rings (SSSR count). The molecule has 0 spiro atoms. The van der Waals surface area contributed by atoms with Crippen LogP contribution in [0.2, 0.25) is 0 Å². The summed E-state index contributed by atoms with van der Waals surface area (Å²) in [6.45, 7) is 6.80. The number of nitrogens with zero attached hydrogens (tertiary/aromatic N) is 1. The Morgan fingerprint density at radius 2 is 0.963 bits per heavy atom. The zero-order valence-corrected chi connectivity index (χ0v) is 30.7. The highest BCUT2D eigenvalue weighted by Crippen LogP contribution is 2.44. The number of hydrogen-bond donors (Lipinski definition) is 0. The Hall–Kier alpha value is -6.64. The third-order valence-corrected chi connectivity index (χ3v) is 10.9. The van der Waals surface area contributed by atoms with Crippen LogP contribution in [0.1, 0.15) is 26.3 Å². The van der Waals surface area contributed by atoms with Gasteiger partial charge in [0.05, 0.1) is 0 Å². The number of furan rings is 1. The van der Waals surface area contributed by atoms with Gasteiger partial charge in [0.25, 0.3) is 0 Å². The van der Waals surface area contributed by atoms with Crippen molar-refractivity contribution in [3.8, 4) is 22.5 Å². The van der Waals surface area contributed by atoms with Crippen LogP contribution in [0, 0.1) is 0 Å². The maximum Gasteiger partial charge on any atom is 0.139 e. The number of benzene rings is 9. The second-order valence-corrected chi connectivity index (χ2v) is 15.4. The number of anilines is 3. The van der Waals surface area contributed by atoms with E-state index in [4.69, 9.17) is 4.42 Å². The average molecular weight is 694 g/mol. The molecule has 0 unspecified atom stereocenters. The van der Waals surface area contributed by atoms with Crippen LogP contribution in [0.15, 0.2) is 186 Å².